The van der Waals surface area contributed by atoms with Crippen LogP contribution in [-0.2, 0) is 25.5 Å². The van der Waals surface area contributed by atoms with Gasteiger partial charge in [0.2, 0.25) is 11.7 Å². The lowest BCUT2D eigenvalue weighted by Gasteiger charge is -2.39. The number of hydrogen-bond acceptors (Lipinski definition) is 7. The van der Waals surface area contributed by atoms with Gasteiger partial charge in [-0.15, -0.1) is 0 Å². The van der Waals surface area contributed by atoms with Gasteiger partial charge in [0, 0.05) is 13.1 Å². The SMILES string of the molecule is COC(=O)C(=O)N1C2CCC1C(=O)N(CCCc1cc(OC)c(OC)c(OC)c1)C2. The summed E-state index contributed by atoms with van der Waals surface area (Å²) < 4.78 is 20.7. The fraction of sp³-hybridized carbons (Fsp3) is 0.571. The monoisotopic (exact) mass is 420 g/mol. The van der Waals surface area contributed by atoms with E-state index in [1.54, 1.807) is 26.2 Å². The minimum absolute atomic E-state index is 0.106. The first-order chi connectivity index (χ1) is 14.4. The Bertz CT molecular complexity index is 801. The smallest absolute Gasteiger partial charge is 0.396 e. The molecule has 30 heavy (non-hydrogen) atoms. The van der Waals surface area contributed by atoms with Crippen LogP contribution < -0.4 is 14.2 Å². The van der Waals surface area contributed by atoms with Crippen LogP contribution in [0.1, 0.15) is 24.8 Å². The molecule has 2 unspecified atom stereocenters. The molecule has 2 amide bonds. The third-order valence-electron chi connectivity index (χ3n) is 5.74. The average Bonchev–Trinajstić information content (AvgIpc) is 3.11. The summed E-state index contributed by atoms with van der Waals surface area (Å²) >= 11 is 0. The topological polar surface area (TPSA) is 94.6 Å². The van der Waals surface area contributed by atoms with Crippen LogP contribution in [0.2, 0.25) is 0 Å². The third-order valence-corrected chi connectivity index (χ3v) is 5.74. The van der Waals surface area contributed by atoms with Crippen molar-refractivity contribution in [3.8, 4) is 17.2 Å². The first-order valence-electron chi connectivity index (χ1n) is 9.93. The van der Waals surface area contributed by atoms with Gasteiger partial charge in [-0.05, 0) is 43.4 Å². The number of ether oxygens (including phenoxy) is 4. The maximum absolute atomic E-state index is 12.9. The molecule has 2 aliphatic rings. The minimum atomic E-state index is -0.921. The zero-order valence-corrected chi connectivity index (χ0v) is 17.8. The second-order valence-electron chi connectivity index (χ2n) is 7.37. The fourth-order valence-electron chi connectivity index (χ4n) is 4.32. The number of rotatable bonds is 7. The summed E-state index contributed by atoms with van der Waals surface area (Å²) in [6.45, 7) is 1.01. The van der Waals surface area contributed by atoms with Crippen molar-refractivity contribution in [3.63, 3.8) is 0 Å². The van der Waals surface area contributed by atoms with Gasteiger partial charge in [0.05, 0.1) is 34.5 Å². The molecule has 2 bridgehead atoms. The number of carbonyl (C=O) groups is 3. The van der Waals surface area contributed by atoms with Gasteiger partial charge in [0.25, 0.3) is 0 Å². The van der Waals surface area contributed by atoms with Crippen LogP contribution in [0.15, 0.2) is 12.1 Å². The molecule has 9 heteroatoms. The van der Waals surface area contributed by atoms with Crippen LogP contribution in [0.3, 0.4) is 0 Å². The molecule has 2 saturated heterocycles. The molecular weight excluding hydrogens is 392 g/mol. The van der Waals surface area contributed by atoms with Crippen molar-refractivity contribution in [2.24, 2.45) is 0 Å². The van der Waals surface area contributed by atoms with Crippen molar-refractivity contribution in [1.29, 1.82) is 0 Å². The summed E-state index contributed by atoms with van der Waals surface area (Å²) in [6.07, 6.45) is 2.76. The number of carbonyl (C=O) groups excluding carboxylic acids is 3. The summed E-state index contributed by atoms with van der Waals surface area (Å²) in [7, 11) is 5.88. The second kappa shape index (κ2) is 9.23. The molecule has 2 fully saturated rings. The van der Waals surface area contributed by atoms with Crippen molar-refractivity contribution in [2.75, 3.05) is 41.5 Å². The van der Waals surface area contributed by atoms with Gasteiger partial charge in [0.15, 0.2) is 11.5 Å². The molecule has 2 atom stereocenters. The summed E-state index contributed by atoms with van der Waals surface area (Å²) in [6, 6.07) is 3.09. The van der Waals surface area contributed by atoms with Crippen LogP contribution >= 0.6 is 0 Å². The zero-order chi connectivity index (χ0) is 21.8. The van der Waals surface area contributed by atoms with Crippen LogP contribution in [0.25, 0.3) is 0 Å². The lowest BCUT2D eigenvalue weighted by molar-refractivity contribution is -0.164. The van der Waals surface area contributed by atoms with Crippen molar-refractivity contribution < 1.29 is 33.3 Å². The number of piperazine rings is 1. The Morgan fingerprint density at radius 3 is 2.27 bits per heavy atom. The molecule has 3 rings (SSSR count). The van der Waals surface area contributed by atoms with E-state index in [0.717, 1.165) is 18.4 Å². The second-order valence-corrected chi connectivity index (χ2v) is 7.37. The predicted octanol–water partition coefficient (Wildman–Crippen LogP) is 1.02. The molecule has 9 nitrogen and oxygen atoms in total. The Hall–Kier alpha value is -2.97. The normalized spacial score (nSPS) is 20.2. The molecular formula is C21H28N2O7. The Kier molecular flexibility index (Phi) is 6.69. The zero-order valence-electron chi connectivity index (χ0n) is 17.8. The number of fused-ring (bicyclic) bond motifs is 2. The highest BCUT2D eigenvalue weighted by Gasteiger charge is 2.49. The van der Waals surface area contributed by atoms with Crippen molar-refractivity contribution in [1.82, 2.24) is 9.80 Å². The number of hydrogen-bond donors (Lipinski definition) is 0. The van der Waals surface area contributed by atoms with E-state index in [9.17, 15) is 14.4 Å². The van der Waals surface area contributed by atoms with Gasteiger partial charge in [-0.3, -0.25) is 9.59 Å². The number of nitrogens with zero attached hydrogens (tertiary/aromatic N) is 2. The highest BCUT2D eigenvalue weighted by atomic mass is 16.5. The van der Waals surface area contributed by atoms with Gasteiger partial charge in [-0.25, -0.2) is 4.79 Å². The molecule has 0 radical (unpaired) electrons. The lowest BCUT2D eigenvalue weighted by atomic mass is 10.1. The predicted molar refractivity (Wildman–Crippen MR) is 107 cm³/mol. The summed E-state index contributed by atoms with van der Waals surface area (Å²) in [5.41, 5.74) is 1.01. The van der Waals surface area contributed by atoms with E-state index in [-0.39, 0.29) is 11.9 Å². The third kappa shape index (κ3) is 4.01. The van der Waals surface area contributed by atoms with E-state index in [1.807, 2.05) is 12.1 Å². The fourth-order valence-corrected chi connectivity index (χ4v) is 4.32. The number of esters is 1. The standard InChI is InChI=1S/C21H28N2O7/c1-27-16-10-13(11-17(28-2)18(16)29-3)6-5-9-22-12-14-7-8-15(19(22)24)23(14)20(25)21(26)30-4/h10-11,14-15H,5-9,12H2,1-4H3. The Labute approximate surface area is 175 Å². The maximum Gasteiger partial charge on any atom is 0.396 e. The average molecular weight is 420 g/mol. The molecule has 0 N–H and O–H groups in total. The van der Waals surface area contributed by atoms with Gasteiger partial charge in [-0.1, -0.05) is 0 Å². The van der Waals surface area contributed by atoms with Crippen LogP contribution in [-0.4, -0.2) is 81.2 Å². The number of benzene rings is 1. The summed E-state index contributed by atoms with van der Waals surface area (Å²) in [5.74, 6) is -0.0226. The highest BCUT2D eigenvalue weighted by molar-refractivity contribution is 6.33. The largest absolute Gasteiger partial charge is 0.493 e. The quantitative estimate of drug-likeness (QED) is 0.480. The minimum Gasteiger partial charge on any atom is -0.493 e. The molecule has 0 saturated carbocycles. The highest BCUT2D eigenvalue weighted by Crippen LogP contribution is 2.38. The number of likely N-dealkylation sites (tertiary alicyclic amines) is 1. The molecule has 2 aliphatic heterocycles. The number of methoxy groups -OCH3 is 4. The lowest BCUT2D eigenvalue weighted by Crippen LogP contribution is -2.60. The summed E-state index contributed by atoms with van der Waals surface area (Å²) in [5, 5.41) is 0. The Morgan fingerprint density at radius 1 is 1.03 bits per heavy atom. The van der Waals surface area contributed by atoms with E-state index in [2.05, 4.69) is 4.74 Å². The van der Waals surface area contributed by atoms with Crippen LogP contribution in [0.5, 0.6) is 17.2 Å². The van der Waals surface area contributed by atoms with Crippen molar-refractivity contribution >= 4 is 17.8 Å². The van der Waals surface area contributed by atoms with Crippen molar-refractivity contribution in [3.05, 3.63) is 17.7 Å². The Balaban J connectivity index is 1.62. The molecule has 1 aromatic rings. The van der Waals surface area contributed by atoms with Crippen LogP contribution in [0.4, 0.5) is 0 Å². The molecule has 0 aliphatic carbocycles. The van der Waals surface area contributed by atoms with E-state index in [4.69, 9.17) is 14.2 Å². The number of amides is 2. The maximum atomic E-state index is 12.9. The van der Waals surface area contributed by atoms with Crippen LogP contribution in [0, 0.1) is 0 Å². The van der Waals surface area contributed by atoms with E-state index in [0.29, 0.717) is 43.2 Å². The van der Waals surface area contributed by atoms with E-state index >= 15 is 0 Å². The molecule has 0 spiro atoms. The van der Waals surface area contributed by atoms with Gasteiger partial charge < -0.3 is 28.7 Å². The molecule has 2 heterocycles. The van der Waals surface area contributed by atoms with E-state index in [1.165, 1.54) is 12.0 Å². The first kappa shape index (κ1) is 21.7. The van der Waals surface area contributed by atoms with E-state index < -0.39 is 17.9 Å². The van der Waals surface area contributed by atoms with Crippen molar-refractivity contribution in [2.45, 2.75) is 37.8 Å². The molecule has 0 aromatic heterocycles. The first-order valence-corrected chi connectivity index (χ1v) is 9.93. The number of aryl methyl sites for hydroxylation is 1. The Morgan fingerprint density at radius 2 is 1.70 bits per heavy atom. The molecule has 164 valence electrons. The van der Waals surface area contributed by atoms with Gasteiger partial charge >= 0.3 is 11.9 Å². The summed E-state index contributed by atoms with van der Waals surface area (Å²) in [4.78, 5) is 39.9. The molecule has 1 aromatic carbocycles. The van der Waals surface area contributed by atoms with Gasteiger partial charge in [-0.2, -0.15) is 0 Å². The van der Waals surface area contributed by atoms with Gasteiger partial charge in [0.1, 0.15) is 6.04 Å².